The van der Waals surface area contributed by atoms with E-state index < -0.39 is 10.0 Å². The van der Waals surface area contributed by atoms with Gasteiger partial charge in [0, 0.05) is 26.2 Å². The van der Waals surface area contributed by atoms with E-state index in [0.717, 1.165) is 13.0 Å². The van der Waals surface area contributed by atoms with Gasteiger partial charge in [0.2, 0.25) is 16.0 Å². The Balaban J connectivity index is 2.94. The maximum absolute atomic E-state index is 12.6. The van der Waals surface area contributed by atoms with Crippen LogP contribution in [0.2, 0.25) is 0 Å². The van der Waals surface area contributed by atoms with Crippen LogP contribution in [0, 0.1) is 0 Å². The SMILES string of the molecule is CCCNc1ncc(S(=O)(=O)N(CCOC)C(C)C)cn1. The third kappa shape index (κ3) is 4.90. The summed E-state index contributed by atoms with van der Waals surface area (Å²) in [6, 6.07) is -0.164. The van der Waals surface area contributed by atoms with Crippen LogP contribution < -0.4 is 5.32 Å². The molecule has 1 aromatic rings. The number of ether oxygens (including phenoxy) is 1. The number of anilines is 1. The van der Waals surface area contributed by atoms with Crippen LogP contribution in [0.3, 0.4) is 0 Å². The predicted octanol–water partition coefficient (Wildman–Crippen LogP) is 1.34. The molecule has 0 aliphatic carbocycles. The Bertz CT molecular complexity index is 517. The van der Waals surface area contributed by atoms with Crippen molar-refractivity contribution in [2.75, 3.05) is 32.1 Å². The monoisotopic (exact) mass is 316 g/mol. The highest BCUT2D eigenvalue weighted by molar-refractivity contribution is 7.89. The lowest BCUT2D eigenvalue weighted by Gasteiger charge is -2.25. The first-order valence-corrected chi connectivity index (χ1v) is 8.44. The summed E-state index contributed by atoms with van der Waals surface area (Å²) < 4.78 is 31.5. The molecule has 8 heteroatoms. The summed E-state index contributed by atoms with van der Waals surface area (Å²) in [5, 5.41) is 3.01. The minimum absolute atomic E-state index is 0.0920. The van der Waals surface area contributed by atoms with Gasteiger partial charge in [0.1, 0.15) is 4.90 Å². The van der Waals surface area contributed by atoms with Gasteiger partial charge in [-0.2, -0.15) is 4.31 Å². The molecule has 1 N–H and O–H groups in total. The highest BCUT2D eigenvalue weighted by Crippen LogP contribution is 2.17. The average Bonchev–Trinajstić information content (AvgIpc) is 2.45. The number of nitrogens with zero attached hydrogens (tertiary/aromatic N) is 3. The molecule has 1 aromatic heterocycles. The van der Waals surface area contributed by atoms with Gasteiger partial charge in [0.05, 0.1) is 19.0 Å². The number of rotatable bonds is 9. The Kier molecular flexibility index (Phi) is 7.00. The molecule has 0 saturated heterocycles. The second kappa shape index (κ2) is 8.26. The van der Waals surface area contributed by atoms with Gasteiger partial charge in [-0.3, -0.25) is 0 Å². The molecule has 0 atom stereocenters. The van der Waals surface area contributed by atoms with Crippen molar-refractivity contribution in [2.24, 2.45) is 0 Å². The van der Waals surface area contributed by atoms with Crippen molar-refractivity contribution in [1.29, 1.82) is 0 Å². The first-order chi connectivity index (χ1) is 9.93. The predicted molar refractivity (Wildman–Crippen MR) is 81.7 cm³/mol. The van der Waals surface area contributed by atoms with E-state index in [1.54, 1.807) is 7.11 Å². The normalized spacial score (nSPS) is 12.1. The lowest BCUT2D eigenvalue weighted by molar-refractivity contribution is 0.171. The second-order valence-corrected chi connectivity index (χ2v) is 6.76. The Hall–Kier alpha value is -1.25. The van der Waals surface area contributed by atoms with Gasteiger partial charge in [0.15, 0.2) is 0 Å². The van der Waals surface area contributed by atoms with Gasteiger partial charge in [-0.25, -0.2) is 18.4 Å². The molecule has 7 nitrogen and oxygen atoms in total. The van der Waals surface area contributed by atoms with Crippen LogP contribution in [-0.4, -0.2) is 55.5 Å². The average molecular weight is 316 g/mol. The van der Waals surface area contributed by atoms with Gasteiger partial charge < -0.3 is 10.1 Å². The smallest absolute Gasteiger partial charge is 0.246 e. The summed E-state index contributed by atoms with van der Waals surface area (Å²) >= 11 is 0. The summed E-state index contributed by atoms with van der Waals surface area (Å²) in [6.45, 7) is 7.07. The van der Waals surface area contributed by atoms with Gasteiger partial charge in [0.25, 0.3) is 0 Å². The first kappa shape index (κ1) is 17.8. The van der Waals surface area contributed by atoms with Gasteiger partial charge in [-0.1, -0.05) is 6.92 Å². The molecule has 0 fully saturated rings. The number of hydrogen-bond donors (Lipinski definition) is 1. The zero-order valence-corrected chi connectivity index (χ0v) is 13.9. The number of aromatic nitrogens is 2. The van der Waals surface area contributed by atoms with Crippen molar-refractivity contribution in [2.45, 2.75) is 38.1 Å². The molecular weight excluding hydrogens is 292 g/mol. The Morgan fingerprint density at radius 1 is 1.33 bits per heavy atom. The van der Waals surface area contributed by atoms with Crippen molar-refractivity contribution in [3.63, 3.8) is 0 Å². The molecule has 0 radical (unpaired) electrons. The van der Waals surface area contributed by atoms with E-state index >= 15 is 0 Å². The van der Waals surface area contributed by atoms with Crippen LogP contribution in [0.1, 0.15) is 27.2 Å². The van der Waals surface area contributed by atoms with Crippen molar-refractivity contribution < 1.29 is 13.2 Å². The molecule has 0 bridgehead atoms. The summed E-state index contributed by atoms with van der Waals surface area (Å²) in [6.07, 6.45) is 3.62. The second-order valence-electron chi connectivity index (χ2n) is 4.87. The van der Waals surface area contributed by atoms with E-state index in [-0.39, 0.29) is 10.9 Å². The Morgan fingerprint density at radius 2 is 1.95 bits per heavy atom. The highest BCUT2D eigenvalue weighted by Gasteiger charge is 2.27. The quantitative estimate of drug-likeness (QED) is 0.740. The minimum Gasteiger partial charge on any atom is -0.383 e. The standard InChI is InChI=1S/C13H24N4O3S/c1-5-6-14-13-15-9-12(10-16-13)21(18,19)17(11(2)3)7-8-20-4/h9-11H,5-8H2,1-4H3,(H,14,15,16). The number of methoxy groups -OCH3 is 1. The van der Waals surface area contributed by atoms with E-state index in [9.17, 15) is 8.42 Å². The van der Waals surface area contributed by atoms with E-state index in [4.69, 9.17) is 4.74 Å². The minimum atomic E-state index is -3.61. The fraction of sp³-hybridized carbons (Fsp3) is 0.692. The number of hydrogen-bond acceptors (Lipinski definition) is 6. The van der Waals surface area contributed by atoms with Gasteiger partial charge in [-0.15, -0.1) is 0 Å². The van der Waals surface area contributed by atoms with Crippen LogP contribution in [0.5, 0.6) is 0 Å². The Morgan fingerprint density at radius 3 is 2.43 bits per heavy atom. The lowest BCUT2D eigenvalue weighted by Crippen LogP contribution is -2.39. The molecular formula is C13H24N4O3S. The summed E-state index contributed by atoms with van der Waals surface area (Å²) in [5.74, 6) is 0.434. The molecule has 21 heavy (non-hydrogen) atoms. The van der Waals surface area contributed by atoms with Crippen molar-refractivity contribution in [3.8, 4) is 0 Å². The topological polar surface area (TPSA) is 84.4 Å². The molecule has 0 saturated carbocycles. The van der Waals surface area contributed by atoms with Crippen LogP contribution >= 0.6 is 0 Å². The van der Waals surface area contributed by atoms with E-state index in [0.29, 0.717) is 19.1 Å². The summed E-state index contributed by atoms with van der Waals surface area (Å²) in [5.41, 5.74) is 0. The van der Waals surface area contributed by atoms with Crippen LogP contribution in [0.25, 0.3) is 0 Å². The fourth-order valence-corrected chi connectivity index (χ4v) is 3.26. The van der Waals surface area contributed by atoms with Gasteiger partial charge >= 0.3 is 0 Å². The third-order valence-corrected chi connectivity index (χ3v) is 4.89. The highest BCUT2D eigenvalue weighted by atomic mass is 32.2. The van der Waals surface area contributed by atoms with Crippen LogP contribution in [-0.2, 0) is 14.8 Å². The molecule has 0 aromatic carbocycles. The number of nitrogens with one attached hydrogen (secondary N) is 1. The van der Waals surface area contributed by atoms with Crippen molar-refractivity contribution >= 4 is 16.0 Å². The largest absolute Gasteiger partial charge is 0.383 e. The van der Waals surface area contributed by atoms with Crippen molar-refractivity contribution in [3.05, 3.63) is 12.4 Å². The molecule has 0 aliphatic heterocycles. The van der Waals surface area contributed by atoms with Crippen LogP contribution in [0.15, 0.2) is 17.3 Å². The molecule has 0 amide bonds. The molecule has 120 valence electrons. The van der Waals surface area contributed by atoms with E-state index in [1.165, 1.54) is 16.7 Å². The summed E-state index contributed by atoms with van der Waals surface area (Å²) in [4.78, 5) is 8.18. The van der Waals surface area contributed by atoms with Crippen molar-refractivity contribution in [1.82, 2.24) is 14.3 Å². The maximum atomic E-state index is 12.6. The molecule has 0 spiro atoms. The van der Waals surface area contributed by atoms with E-state index in [1.807, 2.05) is 20.8 Å². The molecule has 0 unspecified atom stereocenters. The zero-order chi connectivity index (χ0) is 15.9. The Labute approximate surface area is 126 Å². The lowest BCUT2D eigenvalue weighted by atomic mass is 10.4. The molecule has 1 rings (SSSR count). The summed E-state index contributed by atoms with van der Waals surface area (Å²) in [7, 11) is -2.07. The van der Waals surface area contributed by atoms with E-state index in [2.05, 4.69) is 15.3 Å². The first-order valence-electron chi connectivity index (χ1n) is 7.00. The third-order valence-electron chi connectivity index (χ3n) is 2.86. The molecule has 1 heterocycles. The van der Waals surface area contributed by atoms with Crippen LogP contribution in [0.4, 0.5) is 5.95 Å². The zero-order valence-electron chi connectivity index (χ0n) is 13.0. The fourth-order valence-electron chi connectivity index (χ4n) is 1.75. The number of sulfonamides is 1. The molecule has 0 aliphatic rings. The maximum Gasteiger partial charge on any atom is 0.246 e. The van der Waals surface area contributed by atoms with Gasteiger partial charge in [-0.05, 0) is 20.3 Å².